The van der Waals surface area contributed by atoms with E-state index in [1.54, 1.807) is 7.11 Å². The summed E-state index contributed by atoms with van der Waals surface area (Å²) in [5.41, 5.74) is 8.69. The van der Waals surface area contributed by atoms with Gasteiger partial charge in [0, 0.05) is 11.5 Å². The minimum Gasteiger partial charge on any atom is -0.496 e. The molecule has 0 atom stereocenters. The molecule has 2 aromatic rings. The number of anilines is 1. The molecule has 0 amide bonds. The van der Waals surface area contributed by atoms with Crippen LogP contribution in [0.15, 0.2) is 28.8 Å². The molecule has 1 saturated carbocycles. The molecular weight excluding hydrogens is 216 g/mol. The van der Waals surface area contributed by atoms with Crippen molar-refractivity contribution in [3.63, 3.8) is 0 Å². The molecule has 1 aliphatic rings. The maximum Gasteiger partial charge on any atom is 0.230 e. The lowest BCUT2D eigenvalue weighted by molar-refractivity contribution is 0.416. The van der Waals surface area contributed by atoms with Gasteiger partial charge in [-0.15, -0.1) is 0 Å². The van der Waals surface area contributed by atoms with Crippen LogP contribution < -0.4 is 10.5 Å². The van der Waals surface area contributed by atoms with Crippen LogP contribution in [0, 0.1) is 0 Å². The van der Waals surface area contributed by atoms with Crippen LogP contribution in [-0.4, -0.2) is 12.3 Å². The highest BCUT2D eigenvalue weighted by Gasteiger charge is 2.32. The summed E-state index contributed by atoms with van der Waals surface area (Å²) >= 11 is 0. The van der Waals surface area contributed by atoms with Crippen molar-refractivity contribution in [1.82, 2.24) is 5.16 Å². The first-order chi connectivity index (χ1) is 8.31. The van der Waals surface area contributed by atoms with Gasteiger partial charge in [-0.25, -0.2) is 0 Å². The lowest BCUT2D eigenvalue weighted by Crippen LogP contribution is -1.92. The zero-order chi connectivity index (χ0) is 11.8. The first-order valence-corrected chi connectivity index (χ1v) is 5.69. The molecule has 4 nitrogen and oxygen atoms in total. The highest BCUT2D eigenvalue weighted by atomic mass is 16.5. The van der Waals surface area contributed by atoms with E-state index in [0.29, 0.717) is 11.8 Å². The van der Waals surface area contributed by atoms with Crippen molar-refractivity contribution in [3.05, 3.63) is 30.0 Å². The van der Waals surface area contributed by atoms with Gasteiger partial charge in [0.2, 0.25) is 5.88 Å². The van der Waals surface area contributed by atoms with E-state index in [0.717, 1.165) is 35.4 Å². The minimum absolute atomic E-state index is 0.372. The maximum absolute atomic E-state index is 5.88. The van der Waals surface area contributed by atoms with Gasteiger partial charge < -0.3 is 15.0 Å². The number of aromatic nitrogens is 1. The smallest absolute Gasteiger partial charge is 0.230 e. The molecule has 0 aliphatic heterocycles. The van der Waals surface area contributed by atoms with Gasteiger partial charge in [0.1, 0.15) is 5.75 Å². The summed E-state index contributed by atoms with van der Waals surface area (Å²) in [5, 5.41) is 4.07. The number of nitrogens with zero attached hydrogens (tertiary/aromatic N) is 1. The highest BCUT2D eigenvalue weighted by Crippen LogP contribution is 2.47. The molecule has 1 aromatic carbocycles. The fourth-order valence-electron chi connectivity index (χ4n) is 2.07. The molecule has 0 radical (unpaired) electrons. The van der Waals surface area contributed by atoms with E-state index in [4.69, 9.17) is 15.0 Å². The predicted molar refractivity (Wildman–Crippen MR) is 64.9 cm³/mol. The molecule has 2 N–H and O–H groups in total. The van der Waals surface area contributed by atoms with Crippen LogP contribution in [0.1, 0.15) is 24.5 Å². The molecule has 3 rings (SSSR count). The van der Waals surface area contributed by atoms with Crippen LogP contribution in [0.5, 0.6) is 5.75 Å². The number of methoxy groups -OCH3 is 1. The summed E-state index contributed by atoms with van der Waals surface area (Å²) in [6, 6.07) is 7.79. The molecule has 4 heteroatoms. The zero-order valence-electron chi connectivity index (χ0n) is 9.64. The third-order valence-corrected chi connectivity index (χ3v) is 3.09. The van der Waals surface area contributed by atoms with Crippen LogP contribution in [0.4, 0.5) is 5.88 Å². The van der Waals surface area contributed by atoms with Gasteiger partial charge in [-0.3, -0.25) is 0 Å². The van der Waals surface area contributed by atoms with Crippen molar-refractivity contribution in [2.24, 2.45) is 0 Å². The number of nitrogen functional groups attached to an aromatic ring is 1. The van der Waals surface area contributed by atoms with Crippen LogP contribution in [0.25, 0.3) is 11.1 Å². The van der Waals surface area contributed by atoms with E-state index in [-0.39, 0.29) is 0 Å². The molecule has 17 heavy (non-hydrogen) atoms. The third-order valence-electron chi connectivity index (χ3n) is 3.09. The maximum atomic E-state index is 5.88. The summed E-state index contributed by atoms with van der Waals surface area (Å²) < 4.78 is 10.5. The molecule has 0 bridgehead atoms. The van der Waals surface area contributed by atoms with E-state index >= 15 is 0 Å². The average molecular weight is 230 g/mol. The van der Waals surface area contributed by atoms with Crippen molar-refractivity contribution < 1.29 is 9.26 Å². The molecule has 0 unspecified atom stereocenters. The second kappa shape index (κ2) is 3.80. The molecule has 1 aromatic heterocycles. The Balaban J connectivity index is 2.16. The van der Waals surface area contributed by atoms with Gasteiger partial charge in [-0.2, -0.15) is 0 Å². The summed E-state index contributed by atoms with van der Waals surface area (Å²) in [4.78, 5) is 0. The predicted octanol–water partition coefficient (Wildman–Crippen LogP) is 2.81. The molecule has 1 aliphatic carbocycles. The van der Waals surface area contributed by atoms with Crippen LogP contribution in [0.2, 0.25) is 0 Å². The van der Waals surface area contributed by atoms with Gasteiger partial charge >= 0.3 is 0 Å². The number of rotatable bonds is 3. The first kappa shape index (κ1) is 10.2. The standard InChI is InChI=1S/C13H14N2O2/c1-16-10-5-3-2-4-9(10)11-12(8-6-7-8)15-17-13(11)14/h2-5,8H,6-7,14H2,1H3. The lowest BCUT2D eigenvalue weighted by atomic mass is 10.0. The molecule has 88 valence electrons. The zero-order valence-corrected chi connectivity index (χ0v) is 9.64. The third kappa shape index (κ3) is 1.65. The van der Waals surface area contributed by atoms with Crippen molar-refractivity contribution in [3.8, 4) is 16.9 Å². The Labute approximate surface area is 99.4 Å². The Morgan fingerprint density at radius 3 is 2.82 bits per heavy atom. The Morgan fingerprint density at radius 1 is 1.35 bits per heavy atom. The molecule has 1 heterocycles. The van der Waals surface area contributed by atoms with Crippen molar-refractivity contribution in [2.45, 2.75) is 18.8 Å². The average Bonchev–Trinajstić information content (AvgIpc) is 3.13. The van der Waals surface area contributed by atoms with Gasteiger partial charge in [0.25, 0.3) is 0 Å². The first-order valence-electron chi connectivity index (χ1n) is 5.69. The Kier molecular flexibility index (Phi) is 2.28. The summed E-state index contributed by atoms with van der Waals surface area (Å²) in [7, 11) is 1.65. The van der Waals surface area contributed by atoms with Crippen molar-refractivity contribution in [2.75, 3.05) is 12.8 Å². The van der Waals surface area contributed by atoms with E-state index in [2.05, 4.69) is 5.16 Å². The Morgan fingerprint density at radius 2 is 2.12 bits per heavy atom. The van der Waals surface area contributed by atoms with Gasteiger partial charge in [-0.05, 0) is 18.9 Å². The van der Waals surface area contributed by atoms with E-state index in [1.165, 1.54) is 0 Å². The topological polar surface area (TPSA) is 61.3 Å². The van der Waals surface area contributed by atoms with E-state index in [9.17, 15) is 0 Å². The second-order valence-electron chi connectivity index (χ2n) is 4.28. The minimum atomic E-state index is 0.372. The number of para-hydroxylation sites is 1. The Bertz CT molecular complexity index is 544. The van der Waals surface area contributed by atoms with Gasteiger partial charge in [0.05, 0.1) is 18.4 Å². The SMILES string of the molecule is COc1ccccc1-c1c(C2CC2)noc1N. The fourth-order valence-corrected chi connectivity index (χ4v) is 2.07. The molecule has 0 saturated heterocycles. The normalized spacial score (nSPS) is 14.9. The second-order valence-corrected chi connectivity index (χ2v) is 4.28. The lowest BCUT2D eigenvalue weighted by Gasteiger charge is -2.07. The number of ether oxygens (including phenoxy) is 1. The van der Waals surface area contributed by atoms with Gasteiger partial charge in [0.15, 0.2) is 0 Å². The Hall–Kier alpha value is -1.97. The highest BCUT2D eigenvalue weighted by molar-refractivity contribution is 5.80. The van der Waals surface area contributed by atoms with E-state index < -0.39 is 0 Å². The quantitative estimate of drug-likeness (QED) is 0.880. The number of nitrogens with two attached hydrogens (primary N) is 1. The molecule has 0 spiro atoms. The van der Waals surface area contributed by atoms with E-state index in [1.807, 2.05) is 24.3 Å². The van der Waals surface area contributed by atoms with Crippen molar-refractivity contribution >= 4 is 5.88 Å². The number of hydrogen-bond acceptors (Lipinski definition) is 4. The van der Waals surface area contributed by atoms with Crippen LogP contribution >= 0.6 is 0 Å². The summed E-state index contributed by atoms with van der Waals surface area (Å²) in [6.45, 7) is 0. The largest absolute Gasteiger partial charge is 0.496 e. The number of benzene rings is 1. The van der Waals surface area contributed by atoms with Crippen molar-refractivity contribution in [1.29, 1.82) is 0 Å². The fraction of sp³-hybridized carbons (Fsp3) is 0.308. The van der Waals surface area contributed by atoms with Crippen LogP contribution in [0.3, 0.4) is 0 Å². The summed E-state index contributed by atoms with van der Waals surface area (Å²) in [6.07, 6.45) is 2.32. The monoisotopic (exact) mass is 230 g/mol. The summed E-state index contributed by atoms with van der Waals surface area (Å²) in [5.74, 6) is 1.66. The van der Waals surface area contributed by atoms with Gasteiger partial charge in [-0.1, -0.05) is 23.4 Å². The molecule has 1 fully saturated rings. The number of hydrogen-bond donors (Lipinski definition) is 1. The molecular formula is C13H14N2O2. The van der Waals surface area contributed by atoms with Crippen LogP contribution in [-0.2, 0) is 0 Å².